The lowest BCUT2D eigenvalue weighted by atomic mass is 10.1. The minimum Gasteiger partial charge on any atom is -0.506 e. The van der Waals surface area contributed by atoms with Gasteiger partial charge in [0.15, 0.2) is 0 Å². The van der Waals surface area contributed by atoms with Crippen LogP contribution in [-0.2, 0) is 21.8 Å². The molecule has 1 heterocycles. The standard InChI is InChI=1S/C11H12ClF2NO3/c1-2-18-9(16)4-6-3-7(11(13)14)15-8(5-12)10(6)17/h3,11,17H,2,4-5H2,1H3. The second-order valence-electron chi connectivity index (χ2n) is 3.42. The first-order valence-corrected chi connectivity index (χ1v) is 5.74. The highest BCUT2D eigenvalue weighted by atomic mass is 35.5. The molecule has 0 amide bonds. The van der Waals surface area contributed by atoms with Gasteiger partial charge in [0, 0.05) is 5.56 Å². The van der Waals surface area contributed by atoms with Crippen molar-refractivity contribution in [3.63, 3.8) is 0 Å². The number of hydrogen-bond donors (Lipinski definition) is 1. The third-order valence-electron chi connectivity index (χ3n) is 2.15. The highest BCUT2D eigenvalue weighted by Crippen LogP contribution is 2.28. The van der Waals surface area contributed by atoms with E-state index in [1.807, 2.05) is 0 Å². The van der Waals surface area contributed by atoms with Gasteiger partial charge in [0.2, 0.25) is 0 Å². The molecule has 4 nitrogen and oxygen atoms in total. The number of ether oxygens (including phenoxy) is 1. The SMILES string of the molecule is CCOC(=O)Cc1cc(C(F)F)nc(CCl)c1O. The molecule has 0 spiro atoms. The molecule has 0 atom stereocenters. The van der Waals surface area contributed by atoms with Gasteiger partial charge in [-0.05, 0) is 13.0 Å². The van der Waals surface area contributed by atoms with E-state index in [1.54, 1.807) is 6.92 Å². The predicted molar refractivity (Wildman–Crippen MR) is 60.8 cm³/mol. The molecule has 0 radical (unpaired) electrons. The molecule has 0 aliphatic heterocycles. The fraction of sp³-hybridized carbons (Fsp3) is 0.455. The number of nitrogens with zero attached hydrogens (tertiary/aromatic N) is 1. The molecule has 0 aromatic carbocycles. The molecule has 1 aromatic heterocycles. The van der Waals surface area contributed by atoms with Crippen molar-refractivity contribution in [1.29, 1.82) is 0 Å². The van der Waals surface area contributed by atoms with E-state index in [0.29, 0.717) is 0 Å². The smallest absolute Gasteiger partial charge is 0.310 e. The molecule has 0 aliphatic rings. The Morgan fingerprint density at radius 1 is 1.61 bits per heavy atom. The molecule has 100 valence electrons. The minimum absolute atomic E-state index is 0.0365. The van der Waals surface area contributed by atoms with E-state index < -0.39 is 18.1 Å². The number of hydrogen-bond acceptors (Lipinski definition) is 4. The molecule has 18 heavy (non-hydrogen) atoms. The summed E-state index contributed by atoms with van der Waals surface area (Å²) in [7, 11) is 0. The van der Waals surface area contributed by atoms with Crippen LogP contribution in [-0.4, -0.2) is 22.7 Å². The first kappa shape index (κ1) is 14.6. The molecule has 1 rings (SSSR count). The summed E-state index contributed by atoms with van der Waals surface area (Å²) in [5.74, 6) is -1.18. The molecular formula is C11H12ClF2NO3. The van der Waals surface area contributed by atoms with E-state index in [-0.39, 0.29) is 35.9 Å². The van der Waals surface area contributed by atoms with Crippen LogP contribution in [0.3, 0.4) is 0 Å². The maximum atomic E-state index is 12.6. The summed E-state index contributed by atoms with van der Waals surface area (Å²) in [5.41, 5.74) is -0.564. The summed E-state index contributed by atoms with van der Waals surface area (Å²) < 4.78 is 29.8. The summed E-state index contributed by atoms with van der Waals surface area (Å²) in [6.45, 7) is 1.80. The number of carbonyl (C=O) groups is 1. The zero-order chi connectivity index (χ0) is 13.7. The molecule has 7 heteroatoms. The van der Waals surface area contributed by atoms with Gasteiger partial charge in [-0.15, -0.1) is 11.6 Å². The van der Waals surface area contributed by atoms with Gasteiger partial charge in [-0.3, -0.25) is 4.79 Å². The van der Waals surface area contributed by atoms with E-state index in [9.17, 15) is 18.7 Å². The molecule has 0 aliphatic carbocycles. The Balaban J connectivity index is 3.08. The molecule has 1 aromatic rings. The maximum absolute atomic E-state index is 12.6. The molecular weight excluding hydrogens is 268 g/mol. The van der Waals surface area contributed by atoms with Gasteiger partial charge >= 0.3 is 5.97 Å². The number of carbonyl (C=O) groups excluding carboxylic acids is 1. The number of pyridine rings is 1. The summed E-state index contributed by atoms with van der Waals surface area (Å²) >= 11 is 5.49. The third-order valence-corrected chi connectivity index (χ3v) is 2.41. The number of aromatic hydroxyl groups is 1. The largest absolute Gasteiger partial charge is 0.506 e. The van der Waals surface area contributed by atoms with Crippen molar-refractivity contribution in [2.75, 3.05) is 6.61 Å². The number of aromatic nitrogens is 1. The summed E-state index contributed by atoms with van der Waals surface area (Å²) in [6, 6.07) is 0.979. The second-order valence-corrected chi connectivity index (χ2v) is 3.68. The lowest BCUT2D eigenvalue weighted by Gasteiger charge is -2.10. The van der Waals surface area contributed by atoms with Gasteiger partial charge < -0.3 is 9.84 Å². The minimum atomic E-state index is -2.80. The maximum Gasteiger partial charge on any atom is 0.310 e. The molecule has 0 bridgehead atoms. The lowest BCUT2D eigenvalue weighted by Crippen LogP contribution is -2.09. The topological polar surface area (TPSA) is 59.4 Å². The third kappa shape index (κ3) is 3.53. The summed E-state index contributed by atoms with van der Waals surface area (Å²) in [5, 5.41) is 9.71. The van der Waals surface area contributed by atoms with Gasteiger partial charge in [-0.1, -0.05) is 0 Å². The Labute approximate surface area is 108 Å². The van der Waals surface area contributed by atoms with Crippen LogP contribution in [0.2, 0.25) is 0 Å². The fourth-order valence-corrected chi connectivity index (χ4v) is 1.57. The van der Waals surface area contributed by atoms with Crippen molar-refractivity contribution in [3.05, 3.63) is 23.0 Å². The summed E-state index contributed by atoms with van der Waals surface area (Å²) in [4.78, 5) is 14.8. The van der Waals surface area contributed by atoms with E-state index in [2.05, 4.69) is 9.72 Å². The molecule has 1 N–H and O–H groups in total. The number of alkyl halides is 3. The van der Waals surface area contributed by atoms with E-state index >= 15 is 0 Å². The molecule has 0 unspecified atom stereocenters. The molecule has 0 saturated heterocycles. The Morgan fingerprint density at radius 2 is 2.28 bits per heavy atom. The van der Waals surface area contributed by atoms with Crippen LogP contribution in [0.15, 0.2) is 6.07 Å². The van der Waals surface area contributed by atoms with E-state index in [4.69, 9.17) is 11.6 Å². The normalized spacial score (nSPS) is 10.7. The van der Waals surface area contributed by atoms with Crippen LogP contribution in [0.1, 0.15) is 30.3 Å². The Bertz CT molecular complexity index is 441. The first-order chi connectivity index (χ1) is 8.49. The Kier molecular flexibility index (Phi) is 5.27. The average molecular weight is 280 g/mol. The average Bonchev–Trinajstić information content (AvgIpc) is 2.31. The summed E-state index contributed by atoms with van der Waals surface area (Å²) in [6.07, 6.45) is -3.10. The fourth-order valence-electron chi connectivity index (χ4n) is 1.38. The van der Waals surface area contributed by atoms with Gasteiger partial charge in [-0.25, -0.2) is 13.8 Å². The predicted octanol–water partition coefficient (Wildman–Crippen LogP) is 2.57. The van der Waals surface area contributed by atoms with E-state index in [1.165, 1.54) is 0 Å². The van der Waals surface area contributed by atoms with Crippen molar-refractivity contribution in [2.45, 2.75) is 25.7 Å². The van der Waals surface area contributed by atoms with Crippen molar-refractivity contribution < 1.29 is 23.4 Å². The van der Waals surface area contributed by atoms with Gasteiger partial charge in [-0.2, -0.15) is 0 Å². The van der Waals surface area contributed by atoms with Gasteiger partial charge in [0.25, 0.3) is 6.43 Å². The first-order valence-electron chi connectivity index (χ1n) is 5.21. The van der Waals surface area contributed by atoms with Gasteiger partial charge in [0.1, 0.15) is 11.4 Å². The lowest BCUT2D eigenvalue weighted by molar-refractivity contribution is -0.142. The zero-order valence-electron chi connectivity index (χ0n) is 9.62. The number of esters is 1. The quantitative estimate of drug-likeness (QED) is 0.665. The number of rotatable bonds is 5. The van der Waals surface area contributed by atoms with Crippen molar-refractivity contribution in [3.8, 4) is 5.75 Å². The number of halogens is 3. The van der Waals surface area contributed by atoms with Crippen LogP contribution in [0.5, 0.6) is 5.75 Å². The Morgan fingerprint density at radius 3 is 2.78 bits per heavy atom. The van der Waals surface area contributed by atoms with Crippen molar-refractivity contribution in [1.82, 2.24) is 4.98 Å². The van der Waals surface area contributed by atoms with Crippen LogP contribution < -0.4 is 0 Å². The van der Waals surface area contributed by atoms with Crippen molar-refractivity contribution in [2.24, 2.45) is 0 Å². The van der Waals surface area contributed by atoms with Gasteiger partial charge in [0.05, 0.1) is 24.6 Å². The van der Waals surface area contributed by atoms with Crippen LogP contribution in [0, 0.1) is 0 Å². The van der Waals surface area contributed by atoms with Crippen molar-refractivity contribution >= 4 is 17.6 Å². The van der Waals surface area contributed by atoms with E-state index in [0.717, 1.165) is 6.07 Å². The molecule has 0 fully saturated rings. The Hall–Kier alpha value is -1.43. The van der Waals surface area contributed by atoms with Crippen LogP contribution in [0.4, 0.5) is 8.78 Å². The van der Waals surface area contributed by atoms with Crippen LogP contribution >= 0.6 is 11.6 Å². The molecule has 0 saturated carbocycles. The zero-order valence-corrected chi connectivity index (χ0v) is 10.4. The monoisotopic (exact) mass is 279 g/mol. The van der Waals surface area contributed by atoms with Crippen LogP contribution in [0.25, 0.3) is 0 Å². The highest BCUT2D eigenvalue weighted by molar-refractivity contribution is 6.17. The second kappa shape index (κ2) is 6.49. The highest BCUT2D eigenvalue weighted by Gasteiger charge is 2.18.